The lowest BCUT2D eigenvalue weighted by atomic mass is 9.69. The van der Waals surface area contributed by atoms with Crippen LogP contribution in [0.3, 0.4) is 0 Å². The van der Waals surface area contributed by atoms with E-state index in [1.54, 1.807) is 11.1 Å². The maximum atomic E-state index is 2.59. The van der Waals surface area contributed by atoms with E-state index >= 15 is 0 Å². The normalized spacial score (nSPS) is 24.6. The van der Waals surface area contributed by atoms with E-state index in [1.165, 1.54) is 103 Å². The molecule has 4 aromatic rings. The fourth-order valence-electron chi connectivity index (χ4n) is 8.14. The summed E-state index contributed by atoms with van der Waals surface area (Å²) < 4.78 is 4.04. The van der Waals surface area contributed by atoms with Crippen LogP contribution in [-0.2, 0) is 13.0 Å². The Balaban J connectivity index is 1.03. The van der Waals surface area contributed by atoms with Crippen LogP contribution in [0.25, 0.3) is 27.1 Å². The highest BCUT2D eigenvalue weighted by Crippen LogP contribution is 2.49. The molecule has 0 fully saturated rings. The number of para-hydroxylation sites is 1. The van der Waals surface area contributed by atoms with Gasteiger partial charge in [0.25, 0.3) is 5.01 Å². The van der Waals surface area contributed by atoms with Gasteiger partial charge in [-0.3, -0.25) is 0 Å². The highest BCUT2D eigenvalue weighted by Gasteiger charge is 2.32. The first kappa shape index (κ1) is 26.1. The fourth-order valence-corrected chi connectivity index (χ4v) is 10.6. The van der Waals surface area contributed by atoms with E-state index in [9.17, 15) is 0 Å². The van der Waals surface area contributed by atoms with Gasteiger partial charge < -0.3 is 4.90 Å². The summed E-state index contributed by atoms with van der Waals surface area (Å²) in [7, 11) is 0. The highest BCUT2D eigenvalue weighted by atomic mass is 32.2. The summed E-state index contributed by atoms with van der Waals surface area (Å²) >= 11 is 3.92. The fraction of sp³-hybridized carbons (Fsp3) is 0.308. The van der Waals surface area contributed by atoms with E-state index < -0.39 is 0 Å². The van der Waals surface area contributed by atoms with Crippen molar-refractivity contribution in [1.82, 2.24) is 0 Å². The summed E-state index contributed by atoms with van der Waals surface area (Å²) in [5, 5.41) is 5.47. The van der Waals surface area contributed by atoms with Gasteiger partial charge in [-0.1, -0.05) is 77.7 Å². The van der Waals surface area contributed by atoms with Gasteiger partial charge in [-0.25, -0.2) is 0 Å². The van der Waals surface area contributed by atoms with Crippen molar-refractivity contribution in [3.63, 3.8) is 0 Å². The van der Waals surface area contributed by atoms with E-state index in [0.717, 1.165) is 24.9 Å². The van der Waals surface area contributed by atoms with Gasteiger partial charge in [0.15, 0.2) is 6.54 Å². The molecule has 0 bridgehead atoms. The second-order valence-electron chi connectivity index (χ2n) is 12.9. The van der Waals surface area contributed by atoms with Crippen LogP contribution in [0.1, 0.15) is 56.0 Å². The van der Waals surface area contributed by atoms with Gasteiger partial charge in [-0.2, -0.15) is 4.57 Å². The summed E-state index contributed by atoms with van der Waals surface area (Å²) in [5.41, 5.74) is 10.5. The largest absolute Gasteiger partial charge is 0.335 e. The van der Waals surface area contributed by atoms with Crippen molar-refractivity contribution >= 4 is 55.9 Å². The molecule has 43 heavy (non-hydrogen) atoms. The number of hydrogen-bond acceptors (Lipinski definition) is 3. The average Bonchev–Trinajstić information content (AvgIpc) is 3.56. The molecule has 214 valence electrons. The number of allylic oxidation sites excluding steroid dienone is 8. The Morgan fingerprint density at radius 1 is 0.884 bits per heavy atom. The van der Waals surface area contributed by atoms with Crippen LogP contribution in [0.4, 0.5) is 5.69 Å². The number of thiazole rings is 1. The quantitative estimate of drug-likeness (QED) is 0.217. The molecule has 9 rings (SSSR count). The molecule has 0 saturated heterocycles. The zero-order valence-electron chi connectivity index (χ0n) is 24.8. The Hall–Kier alpha value is -3.34. The predicted molar refractivity (Wildman–Crippen MR) is 184 cm³/mol. The molecule has 3 heterocycles. The van der Waals surface area contributed by atoms with E-state index in [-0.39, 0.29) is 0 Å². The Morgan fingerprint density at radius 2 is 1.72 bits per heavy atom. The maximum Gasteiger partial charge on any atom is 0.263 e. The number of thioether (sulfide) groups is 1. The topological polar surface area (TPSA) is 7.12 Å². The predicted octanol–water partition coefficient (Wildman–Crippen LogP) is 10.1. The van der Waals surface area contributed by atoms with Crippen molar-refractivity contribution in [2.24, 2.45) is 11.8 Å². The zero-order chi connectivity index (χ0) is 28.5. The number of rotatable bonds is 3. The molecule has 3 aromatic carbocycles. The summed E-state index contributed by atoms with van der Waals surface area (Å²) in [6.07, 6.45) is 21.4. The van der Waals surface area contributed by atoms with E-state index in [0.29, 0.717) is 0 Å². The molecular formula is C39H37N2S2+. The molecule has 0 amide bonds. The molecule has 0 spiro atoms. The van der Waals surface area contributed by atoms with Gasteiger partial charge in [-0.05, 0) is 115 Å². The molecule has 0 radical (unpaired) electrons. The number of benzene rings is 3. The first-order valence-electron chi connectivity index (χ1n) is 16.2. The molecule has 4 heteroatoms. The van der Waals surface area contributed by atoms with Crippen LogP contribution in [0.5, 0.6) is 0 Å². The van der Waals surface area contributed by atoms with Gasteiger partial charge in [0.05, 0.1) is 10.7 Å². The second-order valence-corrected chi connectivity index (χ2v) is 15.0. The van der Waals surface area contributed by atoms with Crippen LogP contribution in [0.2, 0.25) is 0 Å². The smallest absolute Gasteiger partial charge is 0.263 e. The Bertz CT molecular complexity index is 1970. The number of hydrogen-bond donors (Lipinski definition) is 0. The minimum Gasteiger partial charge on any atom is -0.335 e. The molecule has 3 aliphatic carbocycles. The van der Waals surface area contributed by atoms with Gasteiger partial charge in [0, 0.05) is 29.5 Å². The minimum atomic E-state index is 0.719. The first-order valence-corrected chi connectivity index (χ1v) is 17.8. The lowest BCUT2D eigenvalue weighted by Crippen LogP contribution is -2.38. The molecule has 2 atom stereocenters. The van der Waals surface area contributed by atoms with Crippen LogP contribution in [0.15, 0.2) is 111 Å². The average molecular weight is 598 g/mol. The van der Waals surface area contributed by atoms with Crippen molar-refractivity contribution in [2.45, 2.75) is 63.3 Å². The van der Waals surface area contributed by atoms with Crippen molar-refractivity contribution < 1.29 is 4.57 Å². The minimum absolute atomic E-state index is 0.719. The summed E-state index contributed by atoms with van der Waals surface area (Å²) in [6, 6.07) is 20.4. The molecule has 2 aliphatic heterocycles. The van der Waals surface area contributed by atoms with E-state index in [4.69, 9.17) is 0 Å². The van der Waals surface area contributed by atoms with Gasteiger partial charge in [0.2, 0.25) is 5.52 Å². The van der Waals surface area contributed by atoms with E-state index in [1.807, 2.05) is 23.1 Å². The van der Waals surface area contributed by atoms with Crippen molar-refractivity contribution in [1.29, 1.82) is 0 Å². The van der Waals surface area contributed by atoms with Crippen molar-refractivity contribution in [2.75, 3.05) is 11.4 Å². The number of anilines is 1. The Morgan fingerprint density at radius 3 is 2.60 bits per heavy atom. The van der Waals surface area contributed by atoms with Gasteiger partial charge in [0.1, 0.15) is 4.70 Å². The first-order chi connectivity index (χ1) is 21.2. The summed E-state index contributed by atoms with van der Waals surface area (Å²) in [6.45, 7) is 4.42. The lowest BCUT2D eigenvalue weighted by Gasteiger charge is -2.36. The number of nitrogens with zero attached hydrogens (tertiary/aromatic N) is 2. The summed E-state index contributed by atoms with van der Waals surface area (Å²) in [5.74, 6) is 1.45. The highest BCUT2D eigenvalue weighted by molar-refractivity contribution is 8.03. The van der Waals surface area contributed by atoms with Crippen LogP contribution < -0.4 is 9.47 Å². The molecule has 0 saturated carbocycles. The molecule has 5 aliphatic rings. The van der Waals surface area contributed by atoms with Crippen LogP contribution in [-0.4, -0.2) is 6.54 Å². The molecule has 0 N–H and O–H groups in total. The van der Waals surface area contributed by atoms with E-state index in [2.05, 4.69) is 101 Å². The number of aromatic nitrogens is 1. The Kier molecular flexibility index (Phi) is 6.30. The third kappa shape index (κ3) is 4.48. The maximum absolute atomic E-state index is 2.59. The second kappa shape index (κ2) is 10.4. The zero-order valence-corrected chi connectivity index (χ0v) is 26.4. The lowest BCUT2D eigenvalue weighted by molar-refractivity contribution is -0.671. The number of aryl methyl sites for hydroxylation is 2. The van der Waals surface area contributed by atoms with Gasteiger partial charge >= 0.3 is 0 Å². The van der Waals surface area contributed by atoms with Crippen LogP contribution >= 0.6 is 23.1 Å². The molecular weight excluding hydrogens is 561 g/mol. The third-order valence-electron chi connectivity index (χ3n) is 10.3. The summed E-state index contributed by atoms with van der Waals surface area (Å²) in [4.78, 5) is 3.89. The van der Waals surface area contributed by atoms with Crippen molar-refractivity contribution in [3.05, 3.63) is 117 Å². The SMILES string of the molecule is CCN1/C(=C/C2=CC3=CC4=C/C(=C/c5sc6cccc7c6[n+]5CCC7)CCC4CC3CC2)Sc2cc3ccccc3cc21. The monoisotopic (exact) mass is 597 g/mol. The number of fused-ring (bicyclic) bond motifs is 4. The van der Waals surface area contributed by atoms with Crippen molar-refractivity contribution in [3.8, 4) is 0 Å². The van der Waals surface area contributed by atoms with Crippen LogP contribution in [0, 0.1) is 11.8 Å². The molecule has 2 nitrogen and oxygen atoms in total. The van der Waals surface area contributed by atoms with Gasteiger partial charge in [-0.15, -0.1) is 0 Å². The molecule has 1 aromatic heterocycles. The third-order valence-corrected chi connectivity index (χ3v) is 12.5. The Labute approximate surface area is 262 Å². The molecule has 2 unspecified atom stereocenters. The standard InChI is InChI=1S/C39H37N2S2/c1-2-40-34-23-28-7-3-4-8-29(28)24-36(34)43-37(40)19-25-12-14-30-21-31-15-13-26(18-33(31)22-32(30)17-25)20-38-41-16-6-10-27-9-5-11-35(42-38)39(27)41/h3-5,7-9,11,17-20,22-24,30-31H,2,6,10,12-16,21H2,1H3/q+1.